The average molecular weight is 421 g/mol. The molecule has 0 saturated heterocycles. The molecule has 1 aromatic carbocycles. The molecule has 0 saturated carbocycles. The Kier molecular flexibility index (Phi) is 8.23. The highest BCUT2D eigenvalue weighted by Gasteiger charge is 2.36. The monoisotopic (exact) mass is 420 g/mol. The number of hydrogen-bond donors (Lipinski definition) is 2. The molecule has 166 valence electrons. The molecule has 0 aliphatic carbocycles. The van der Waals surface area contributed by atoms with Crippen LogP contribution < -0.4 is 10.5 Å². The minimum Gasteiger partial charge on any atom is -0.494 e. The van der Waals surface area contributed by atoms with Crippen molar-refractivity contribution in [2.75, 3.05) is 13.2 Å². The Bertz CT molecular complexity index is 771. The second-order valence-corrected chi connectivity index (χ2v) is 8.43. The summed E-state index contributed by atoms with van der Waals surface area (Å²) in [7, 11) is 0. The van der Waals surface area contributed by atoms with E-state index in [0.717, 1.165) is 24.8 Å². The Labute approximate surface area is 177 Å². The van der Waals surface area contributed by atoms with E-state index in [1.807, 2.05) is 0 Å². The lowest BCUT2D eigenvalue weighted by atomic mass is 10.1. The number of aliphatic hydroxyl groups is 1. The second kappa shape index (κ2) is 10.4. The first-order valence-electron chi connectivity index (χ1n) is 10.3. The fraction of sp³-hybridized carbons (Fsp3) is 0.591. The minimum absolute atomic E-state index is 0.00674. The smallest absolute Gasteiger partial charge is 0.306 e. The maximum atomic E-state index is 12.8. The second-order valence-electron chi connectivity index (χ2n) is 8.43. The first kappa shape index (κ1) is 23.7. The van der Waals surface area contributed by atoms with E-state index in [1.54, 1.807) is 39.0 Å². The SMILES string of the molecule is CC(C)(C)OC(=O)CCC(C(N)=O)N1Cc2cc(OCCCCCO)ccc2C1=O. The molecule has 0 bridgehead atoms. The minimum atomic E-state index is -0.889. The fourth-order valence-corrected chi connectivity index (χ4v) is 3.34. The normalized spacial score (nSPS) is 14.4. The van der Waals surface area contributed by atoms with E-state index in [0.29, 0.717) is 17.9 Å². The molecule has 1 aliphatic rings. The number of rotatable bonds is 11. The predicted octanol–water partition coefficient (Wildman–Crippen LogP) is 2.16. The summed E-state index contributed by atoms with van der Waals surface area (Å²) in [6.45, 7) is 6.23. The number of carbonyl (C=O) groups is 3. The fourth-order valence-electron chi connectivity index (χ4n) is 3.34. The lowest BCUT2D eigenvalue weighted by Crippen LogP contribution is -2.45. The van der Waals surface area contributed by atoms with Crippen LogP contribution in [0.1, 0.15) is 68.8 Å². The zero-order valence-corrected chi connectivity index (χ0v) is 18.0. The van der Waals surface area contributed by atoms with Crippen molar-refractivity contribution in [2.24, 2.45) is 5.73 Å². The number of ether oxygens (including phenoxy) is 2. The van der Waals surface area contributed by atoms with Crippen molar-refractivity contribution in [3.8, 4) is 5.75 Å². The molecule has 0 fully saturated rings. The third kappa shape index (κ3) is 6.73. The van der Waals surface area contributed by atoms with Crippen LogP contribution in [0, 0.1) is 0 Å². The summed E-state index contributed by atoms with van der Waals surface area (Å²) >= 11 is 0. The summed E-state index contributed by atoms with van der Waals surface area (Å²) in [6.07, 6.45) is 2.56. The summed E-state index contributed by atoms with van der Waals surface area (Å²) < 4.78 is 11.0. The molecule has 0 aromatic heterocycles. The first-order valence-corrected chi connectivity index (χ1v) is 10.3. The van der Waals surface area contributed by atoms with Crippen LogP contribution >= 0.6 is 0 Å². The van der Waals surface area contributed by atoms with Crippen LogP contribution in [0.15, 0.2) is 18.2 Å². The number of primary amides is 1. The molecule has 1 aliphatic heterocycles. The number of esters is 1. The van der Waals surface area contributed by atoms with Gasteiger partial charge in [-0.2, -0.15) is 0 Å². The van der Waals surface area contributed by atoms with E-state index >= 15 is 0 Å². The van der Waals surface area contributed by atoms with Gasteiger partial charge < -0.3 is 25.2 Å². The van der Waals surface area contributed by atoms with Crippen LogP contribution in [0.4, 0.5) is 0 Å². The van der Waals surface area contributed by atoms with Crippen molar-refractivity contribution >= 4 is 17.8 Å². The molecule has 3 N–H and O–H groups in total. The predicted molar refractivity (Wildman–Crippen MR) is 111 cm³/mol. The molecule has 8 heteroatoms. The van der Waals surface area contributed by atoms with Crippen LogP contribution in [0.3, 0.4) is 0 Å². The van der Waals surface area contributed by atoms with Crippen molar-refractivity contribution in [3.63, 3.8) is 0 Å². The highest BCUT2D eigenvalue weighted by Crippen LogP contribution is 2.29. The summed E-state index contributed by atoms with van der Waals surface area (Å²) in [5.74, 6) is -0.723. The Morgan fingerprint density at radius 3 is 2.60 bits per heavy atom. The molecule has 1 aromatic rings. The molecule has 1 heterocycles. The Morgan fingerprint density at radius 1 is 1.23 bits per heavy atom. The van der Waals surface area contributed by atoms with Crippen molar-refractivity contribution in [1.82, 2.24) is 4.90 Å². The summed E-state index contributed by atoms with van der Waals surface area (Å²) in [5.41, 5.74) is 6.18. The van der Waals surface area contributed by atoms with Crippen molar-refractivity contribution in [2.45, 2.75) is 71.1 Å². The molecule has 8 nitrogen and oxygen atoms in total. The van der Waals surface area contributed by atoms with Gasteiger partial charge in [-0.15, -0.1) is 0 Å². The number of benzene rings is 1. The van der Waals surface area contributed by atoms with Gasteiger partial charge in [0.15, 0.2) is 0 Å². The highest BCUT2D eigenvalue weighted by atomic mass is 16.6. The topological polar surface area (TPSA) is 119 Å². The van der Waals surface area contributed by atoms with Crippen LogP contribution in [0.2, 0.25) is 0 Å². The quantitative estimate of drug-likeness (QED) is 0.418. The highest BCUT2D eigenvalue weighted by molar-refractivity contribution is 6.01. The maximum Gasteiger partial charge on any atom is 0.306 e. The van der Waals surface area contributed by atoms with Gasteiger partial charge in [-0.05, 0) is 70.2 Å². The molecule has 0 spiro atoms. The Balaban J connectivity index is 1.99. The van der Waals surface area contributed by atoms with E-state index in [9.17, 15) is 14.4 Å². The number of aliphatic hydroxyl groups excluding tert-OH is 1. The first-order chi connectivity index (χ1) is 14.1. The number of hydrogen-bond acceptors (Lipinski definition) is 6. The summed E-state index contributed by atoms with van der Waals surface area (Å²) in [6, 6.07) is 4.32. The third-order valence-corrected chi connectivity index (χ3v) is 4.73. The Morgan fingerprint density at radius 2 is 1.97 bits per heavy atom. The third-order valence-electron chi connectivity index (χ3n) is 4.73. The van der Waals surface area contributed by atoms with Gasteiger partial charge in [0.2, 0.25) is 5.91 Å². The zero-order valence-electron chi connectivity index (χ0n) is 18.0. The standard InChI is InChI=1S/C22H32N2O6/c1-22(2,3)30-19(26)10-9-18(20(23)27)24-14-15-13-16(7-8-17(15)21(24)28)29-12-6-4-5-11-25/h7-8,13,18,25H,4-6,9-12,14H2,1-3H3,(H2,23,27). The van der Waals surface area contributed by atoms with Gasteiger partial charge in [-0.1, -0.05) is 0 Å². The van der Waals surface area contributed by atoms with Crippen molar-refractivity contribution in [1.29, 1.82) is 0 Å². The maximum absolute atomic E-state index is 12.8. The van der Waals surface area contributed by atoms with Gasteiger partial charge in [-0.3, -0.25) is 14.4 Å². The molecule has 1 unspecified atom stereocenters. The van der Waals surface area contributed by atoms with Crippen LogP contribution in [0.5, 0.6) is 5.75 Å². The van der Waals surface area contributed by atoms with Gasteiger partial charge in [0.25, 0.3) is 5.91 Å². The lowest BCUT2D eigenvalue weighted by Gasteiger charge is -2.25. The van der Waals surface area contributed by atoms with Gasteiger partial charge in [0.1, 0.15) is 17.4 Å². The largest absolute Gasteiger partial charge is 0.494 e. The molecule has 1 atom stereocenters. The van der Waals surface area contributed by atoms with E-state index in [2.05, 4.69) is 0 Å². The van der Waals surface area contributed by atoms with Gasteiger partial charge >= 0.3 is 5.97 Å². The molecule has 0 radical (unpaired) electrons. The van der Waals surface area contributed by atoms with E-state index in [-0.39, 0.29) is 31.9 Å². The summed E-state index contributed by atoms with van der Waals surface area (Å²) in [4.78, 5) is 38.2. The van der Waals surface area contributed by atoms with Crippen molar-refractivity contribution in [3.05, 3.63) is 29.3 Å². The number of amides is 2. The van der Waals surface area contributed by atoms with Gasteiger partial charge in [0, 0.05) is 25.1 Å². The van der Waals surface area contributed by atoms with E-state index in [1.165, 1.54) is 4.90 Å². The molecule has 2 amide bonds. The van der Waals surface area contributed by atoms with Crippen LogP contribution in [-0.4, -0.2) is 52.6 Å². The van der Waals surface area contributed by atoms with Crippen LogP contribution in [-0.2, 0) is 20.9 Å². The molecule has 2 rings (SSSR count). The summed E-state index contributed by atoms with van der Waals surface area (Å²) in [5, 5.41) is 8.80. The average Bonchev–Trinajstić information content (AvgIpc) is 2.96. The molecular formula is C22H32N2O6. The zero-order chi connectivity index (χ0) is 22.3. The van der Waals surface area contributed by atoms with E-state index < -0.39 is 23.5 Å². The van der Waals surface area contributed by atoms with Crippen molar-refractivity contribution < 1.29 is 29.0 Å². The van der Waals surface area contributed by atoms with Crippen LogP contribution in [0.25, 0.3) is 0 Å². The number of nitrogens with zero attached hydrogens (tertiary/aromatic N) is 1. The number of nitrogens with two attached hydrogens (primary N) is 1. The molecular weight excluding hydrogens is 388 g/mol. The number of carbonyl (C=O) groups excluding carboxylic acids is 3. The number of fused-ring (bicyclic) bond motifs is 1. The Hall–Kier alpha value is -2.61. The number of unbranched alkanes of at least 4 members (excludes halogenated alkanes) is 2. The molecule has 30 heavy (non-hydrogen) atoms. The van der Waals surface area contributed by atoms with Gasteiger partial charge in [-0.25, -0.2) is 0 Å². The lowest BCUT2D eigenvalue weighted by molar-refractivity contribution is -0.155. The van der Waals surface area contributed by atoms with Gasteiger partial charge in [0.05, 0.1) is 6.61 Å². The van der Waals surface area contributed by atoms with E-state index in [4.69, 9.17) is 20.3 Å².